The standard InChI is InChI=1S/C20H26O6/c1-9-6-7-14(22)20(5)8-13(25-18(23)10(2)12(4)21)15-11(3)19(24)26-17(15)16(9)20/h6,12-17,21-22H,2-3,7-8H2,1,4-5H3. The number of ether oxygens (including phenoxy) is 2. The van der Waals surface area contributed by atoms with E-state index in [0.717, 1.165) is 5.57 Å². The number of aliphatic hydroxyl groups excluding tert-OH is 2. The van der Waals surface area contributed by atoms with Crippen LogP contribution in [0.15, 0.2) is 36.0 Å². The maximum Gasteiger partial charge on any atom is 0.336 e. The van der Waals surface area contributed by atoms with E-state index in [1.807, 2.05) is 19.9 Å². The molecule has 1 heterocycles. The minimum Gasteiger partial charge on any atom is -0.458 e. The van der Waals surface area contributed by atoms with Crippen LogP contribution in [0, 0.1) is 17.3 Å². The summed E-state index contributed by atoms with van der Waals surface area (Å²) in [5, 5.41) is 20.2. The van der Waals surface area contributed by atoms with Gasteiger partial charge in [0.25, 0.3) is 0 Å². The van der Waals surface area contributed by atoms with Gasteiger partial charge in [-0.2, -0.15) is 0 Å². The number of carbonyl (C=O) groups is 2. The van der Waals surface area contributed by atoms with Gasteiger partial charge >= 0.3 is 11.9 Å². The SMILES string of the molecule is C=C(C(=O)OC1CC2(C)C(O)CC=C(C)C2C2OC(=O)C(=C)C12)C(C)O. The Balaban J connectivity index is 1.97. The number of hydrogen-bond donors (Lipinski definition) is 2. The van der Waals surface area contributed by atoms with E-state index < -0.39 is 47.7 Å². The maximum absolute atomic E-state index is 12.3. The van der Waals surface area contributed by atoms with Crippen molar-refractivity contribution in [1.29, 1.82) is 0 Å². The molecule has 26 heavy (non-hydrogen) atoms. The smallest absolute Gasteiger partial charge is 0.336 e. The lowest BCUT2D eigenvalue weighted by molar-refractivity contribution is -0.173. The molecule has 0 amide bonds. The van der Waals surface area contributed by atoms with Crippen molar-refractivity contribution in [3.8, 4) is 0 Å². The molecule has 7 atom stereocenters. The van der Waals surface area contributed by atoms with E-state index in [9.17, 15) is 19.8 Å². The molecule has 0 aromatic carbocycles. The van der Waals surface area contributed by atoms with Crippen molar-refractivity contribution in [2.45, 2.75) is 58.0 Å². The number of hydrogen-bond acceptors (Lipinski definition) is 6. The van der Waals surface area contributed by atoms with Crippen LogP contribution in [0.5, 0.6) is 0 Å². The van der Waals surface area contributed by atoms with E-state index in [0.29, 0.717) is 12.8 Å². The fourth-order valence-corrected chi connectivity index (χ4v) is 4.70. The van der Waals surface area contributed by atoms with E-state index in [2.05, 4.69) is 13.2 Å². The summed E-state index contributed by atoms with van der Waals surface area (Å²) in [5.74, 6) is -1.84. The zero-order chi connectivity index (χ0) is 19.4. The minimum atomic E-state index is -1.03. The summed E-state index contributed by atoms with van der Waals surface area (Å²) in [5.41, 5.74) is 0.700. The van der Waals surface area contributed by atoms with Gasteiger partial charge in [-0.3, -0.25) is 0 Å². The van der Waals surface area contributed by atoms with E-state index in [-0.39, 0.29) is 17.1 Å². The third-order valence-corrected chi connectivity index (χ3v) is 6.28. The molecule has 2 aliphatic carbocycles. The molecule has 1 saturated carbocycles. The first kappa shape index (κ1) is 18.9. The molecular weight excluding hydrogens is 336 g/mol. The molecule has 0 spiro atoms. The Bertz CT molecular complexity index is 705. The van der Waals surface area contributed by atoms with Gasteiger partial charge in [-0.05, 0) is 26.7 Å². The topological polar surface area (TPSA) is 93.1 Å². The summed E-state index contributed by atoms with van der Waals surface area (Å²) in [6, 6.07) is 0. The van der Waals surface area contributed by atoms with Crippen LogP contribution in [-0.2, 0) is 19.1 Å². The molecule has 1 aliphatic heterocycles. The van der Waals surface area contributed by atoms with E-state index in [1.165, 1.54) is 6.92 Å². The van der Waals surface area contributed by atoms with Crippen LogP contribution in [0.3, 0.4) is 0 Å². The second-order valence-corrected chi connectivity index (χ2v) is 7.95. The third-order valence-electron chi connectivity index (χ3n) is 6.28. The lowest BCUT2D eigenvalue weighted by Gasteiger charge is -2.53. The van der Waals surface area contributed by atoms with Crippen LogP contribution in [-0.4, -0.2) is 46.6 Å². The largest absolute Gasteiger partial charge is 0.458 e. The number of fused-ring (bicyclic) bond motifs is 3. The Labute approximate surface area is 153 Å². The highest BCUT2D eigenvalue weighted by Crippen LogP contribution is 2.56. The highest BCUT2D eigenvalue weighted by atomic mass is 16.6. The van der Waals surface area contributed by atoms with Gasteiger partial charge in [0.1, 0.15) is 12.2 Å². The van der Waals surface area contributed by atoms with Crippen molar-refractivity contribution in [1.82, 2.24) is 0 Å². The van der Waals surface area contributed by atoms with Crippen LogP contribution < -0.4 is 0 Å². The summed E-state index contributed by atoms with van der Waals surface area (Å²) in [4.78, 5) is 24.5. The van der Waals surface area contributed by atoms with Crippen molar-refractivity contribution in [2.75, 3.05) is 0 Å². The molecule has 6 nitrogen and oxygen atoms in total. The molecule has 3 rings (SSSR count). The van der Waals surface area contributed by atoms with Crippen molar-refractivity contribution < 1.29 is 29.3 Å². The van der Waals surface area contributed by atoms with E-state index in [1.54, 1.807) is 0 Å². The predicted octanol–water partition coefficient (Wildman–Crippen LogP) is 1.67. The van der Waals surface area contributed by atoms with Crippen molar-refractivity contribution in [2.24, 2.45) is 17.3 Å². The second-order valence-electron chi connectivity index (χ2n) is 7.95. The van der Waals surface area contributed by atoms with Gasteiger partial charge in [-0.1, -0.05) is 31.7 Å². The van der Waals surface area contributed by atoms with Gasteiger partial charge in [0, 0.05) is 16.9 Å². The lowest BCUT2D eigenvalue weighted by atomic mass is 9.54. The van der Waals surface area contributed by atoms with Crippen LogP contribution in [0.4, 0.5) is 0 Å². The normalized spacial score (nSPS) is 40.0. The molecule has 3 aliphatic rings. The number of esters is 2. The molecule has 0 aromatic rings. The summed E-state index contributed by atoms with van der Waals surface area (Å²) >= 11 is 0. The number of carbonyl (C=O) groups excluding carboxylic acids is 2. The third kappa shape index (κ3) is 2.72. The van der Waals surface area contributed by atoms with Crippen molar-refractivity contribution in [3.63, 3.8) is 0 Å². The highest BCUT2D eigenvalue weighted by Gasteiger charge is 2.61. The first-order valence-corrected chi connectivity index (χ1v) is 8.90. The Hall–Kier alpha value is -1.92. The summed E-state index contributed by atoms with van der Waals surface area (Å²) < 4.78 is 11.2. The van der Waals surface area contributed by atoms with Gasteiger partial charge in [0.05, 0.1) is 23.7 Å². The zero-order valence-electron chi connectivity index (χ0n) is 15.4. The van der Waals surface area contributed by atoms with Crippen LogP contribution >= 0.6 is 0 Å². The molecule has 0 radical (unpaired) electrons. The van der Waals surface area contributed by atoms with Crippen LogP contribution in [0.2, 0.25) is 0 Å². The predicted molar refractivity (Wildman–Crippen MR) is 93.8 cm³/mol. The molecule has 2 fully saturated rings. The van der Waals surface area contributed by atoms with Crippen LogP contribution in [0.25, 0.3) is 0 Å². The quantitative estimate of drug-likeness (QED) is 0.451. The Morgan fingerprint density at radius 1 is 1.50 bits per heavy atom. The summed E-state index contributed by atoms with van der Waals surface area (Å²) in [6.07, 6.45) is -0.0104. The minimum absolute atomic E-state index is 0.0510. The molecular formula is C20H26O6. The first-order valence-electron chi connectivity index (χ1n) is 8.90. The fraction of sp³-hybridized carbons (Fsp3) is 0.600. The molecule has 1 saturated heterocycles. The van der Waals surface area contributed by atoms with Crippen molar-refractivity contribution in [3.05, 3.63) is 36.0 Å². The zero-order valence-corrected chi connectivity index (χ0v) is 15.4. The van der Waals surface area contributed by atoms with Gasteiger partial charge in [0.2, 0.25) is 0 Å². The van der Waals surface area contributed by atoms with Gasteiger partial charge < -0.3 is 19.7 Å². The first-order chi connectivity index (χ1) is 12.1. The maximum atomic E-state index is 12.3. The monoisotopic (exact) mass is 362 g/mol. The molecule has 142 valence electrons. The molecule has 0 aromatic heterocycles. The van der Waals surface area contributed by atoms with Gasteiger partial charge in [0.15, 0.2) is 0 Å². The van der Waals surface area contributed by atoms with Crippen LogP contribution in [0.1, 0.15) is 33.6 Å². The number of rotatable bonds is 3. The average molecular weight is 362 g/mol. The molecule has 2 N–H and O–H groups in total. The second kappa shape index (κ2) is 6.35. The Kier molecular flexibility index (Phi) is 4.61. The fourth-order valence-electron chi connectivity index (χ4n) is 4.70. The van der Waals surface area contributed by atoms with Gasteiger partial charge in [-0.15, -0.1) is 0 Å². The summed E-state index contributed by atoms with van der Waals surface area (Å²) in [6.45, 7) is 12.8. The molecule has 6 heteroatoms. The summed E-state index contributed by atoms with van der Waals surface area (Å²) in [7, 11) is 0. The number of aliphatic hydroxyl groups is 2. The Morgan fingerprint density at radius 2 is 2.15 bits per heavy atom. The van der Waals surface area contributed by atoms with E-state index >= 15 is 0 Å². The van der Waals surface area contributed by atoms with Crippen molar-refractivity contribution >= 4 is 11.9 Å². The lowest BCUT2D eigenvalue weighted by Crippen LogP contribution is -2.57. The van der Waals surface area contributed by atoms with Gasteiger partial charge in [-0.25, -0.2) is 9.59 Å². The van der Waals surface area contributed by atoms with E-state index in [4.69, 9.17) is 9.47 Å². The highest BCUT2D eigenvalue weighted by molar-refractivity contribution is 5.92. The molecule has 7 unspecified atom stereocenters. The Morgan fingerprint density at radius 3 is 2.77 bits per heavy atom. The average Bonchev–Trinajstić information content (AvgIpc) is 2.85. The molecule has 0 bridgehead atoms.